The predicted octanol–water partition coefficient (Wildman–Crippen LogP) is -2.25. The van der Waals surface area contributed by atoms with E-state index in [2.05, 4.69) is 0 Å². The monoisotopic (exact) mass is 255 g/mol. The third-order valence-electron chi connectivity index (χ3n) is 1.24. The van der Waals surface area contributed by atoms with Crippen LogP contribution in [0.5, 0.6) is 0 Å². The number of aldehydes is 1. The maximum Gasteiger partial charge on any atom is 1.00 e. The van der Waals surface area contributed by atoms with Crippen LogP contribution in [0.2, 0.25) is 0 Å². The first kappa shape index (κ1) is 17.7. The first-order valence-corrected chi connectivity index (χ1v) is 4.48. The van der Waals surface area contributed by atoms with E-state index >= 15 is 0 Å². The van der Waals surface area contributed by atoms with E-state index in [9.17, 15) is 14.9 Å². The Labute approximate surface area is 115 Å². The summed E-state index contributed by atoms with van der Waals surface area (Å²) in [5, 5.41) is 10.1. The van der Waals surface area contributed by atoms with Gasteiger partial charge in [0, 0.05) is 17.7 Å². The van der Waals surface area contributed by atoms with E-state index in [4.69, 9.17) is 13.3 Å². The zero-order chi connectivity index (χ0) is 11.8. The third kappa shape index (κ3) is 8.65. The van der Waals surface area contributed by atoms with Crippen molar-refractivity contribution >= 4 is 23.3 Å². The van der Waals surface area contributed by atoms with Crippen LogP contribution in [-0.4, -0.2) is 24.5 Å². The van der Waals surface area contributed by atoms with Crippen molar-refractivity contribution in [2.24, 2.45) is 0 Å². The van der Waals surface area contributed by atoms with Crippen LogP contribution in [0, 0.1) is 10.1 Å². The molecule has 0 saturated carbocycles. The van der Waals surface area contributed by atoms with Gasteiger partial charge in [-0.3, -0.25) is 14.9 Å². The van der Waals surface area contributed by atoms with Gasteiger partial charge in [-0.1, -0.05) is 0 Å². The maximum absolute atomic E-state index is 10.1. The fraction of sp³-hybridized carbons (Fsp3) is 0. The van der Waals surface area contributed by atoms with Crippen LogP contribution in [-0.2, 0) is 11.4 Å². The first-order chi connectivity index (χ1) is 6.97. The summed E-state index contributed by atoms with van der Waals surface area (Å²) < 4.78 is 24.1. The average Bonchev–Trinajstić information content (AvgIpc) is 2.17. The number of hydrogen-bond acceptors (Lipinski definition) is 5. The van der Waals surface area contributed by atoms with Crippen LogP contribution in [0.25, 0.3) is 0 Å². The SMILES string of the molecule is O=Cc1ccc([N+](=O)[O-])cc1.O=S([O-])O.[Na+]. The van der Waals surface area contributed by atoms with Crippen LogP contribution < -0.4 is 29.6 Å². The van der Waals surface area contributed by atoms with Gasteiger partial charge in [-0.05, 0) is 12.1 Å². The van der Waals surface area contributed by atoms with Gasteiger partial charge in [0.25, 0.3) is 5.69 Å². The normalized spacial score (nSPS) is 10.1. The Balaban J connectivity index is 0. The van der Waals surface area contributed by atoms with Gasteiger partial charge in [0.2, 0.25) is 0 Å². The molecule has 0 saturated heterocycles. The summed E-state index contributed by atoms with van der Waals surface area (Å²) in [6, 6.07) is 5.41. The summed E-state index contributed by atoms with van der Waals surface area (Å²) in [6.07, 6.45) is 0.643. The van der Waals surface area contributed by atoms with Crippen molar-refractivity contribution in [3.05, 3.63) is 39.9 Å². The van der Waals surface area contributed by atoms with Crippen molar-refractivity contribution in [1.82, 2.24) is 0 Å². The summed E-state index contributed by atoms with van der Waals surface area (Å²) in [7, 11) is 0. The number of hydrogen-bond donors (Lipinski definition) is 1. The molecule has 0 amide bonds. The third-order valence-corrected chi connectivity index (χ3v) is 1.24. The summed E-state index contributed by atoms with van der Waals surface area (Å²) in [5.41, 5.74) is 0.436. The first-order valence-electron chi connectivity index (χ1n) is 3.45. The molecule has 82 valence electrons. The molecule has 0 fully saturated rings. The van der Waals surface area contributed by atoms with Crippen molar-refractivity contribution in [2.75, 3.05) is 0 Å². The van der Waals surface area contributed by atoms with Gasteiger partial charge in [0.1, 0.15) is 6.29 Å². The van der Waals surface area contributed by atoms with Crippen LogP contribution in [0.4, 0.5) is 5.69 Å². The van der Waals surface area contributed by atoms with Gasteiger partial charge in [-0.25, -0.2) is 4.21 Å². The van der Waals surface area contributed by atoms with E-state index in [0.29, 0.717) is 11.8 Å². The molecular weight excluding hydrogens is 249 g/mol. The summed E-state index contributed by atoms with van der Waals surface area (Å²) in [5.74, 6) is 0. The number of non-ortho nitro benzene ring substituents is 1. The molecule has 0 spiro atoms. The molecule has 1 aromatic rings. The maximum atomic E-state index is 10.1. The van der Waals surface area contributed by atoms with Gasteiger partial charge in [0.15, 0.2) is 0 Å². The van der Waals surface area contributed by atoms with Crippen molar-refractivity contribution in [2.45, 2.75) is 0 Å². The smallest absolute Gasteiger partial charge is 0.750 e. The summed E-state index contributed by atoms with van der Waals surface area (Å²) in [6.45, 7) is 0. The fourth-order valence-electron chi connectivity index (χ4n) is 0.675. The number of carbonyl (C=O) groups excluding carboxylic acids is 1. The zero-order valence-electron chi connectivity index (χ0n) is 8.23. The van der Waals surface area contributed by atoms with E-state index in [1.54, 1.807) is 0 Å². The van der Waals surface area contributed by atoms with Crippen molar-refractivity contribution < 1.29 is 52.6 Å². The molecule has 16 heavy (non-hydrogen) atoms. The Kier molecular flexibility index (Phi) is 10.6. The number of nitro benzene ring substituents is 1. The molecule has 1 atom stereocenters. The molecule has 0 aliphatic carbocycles. The molecule has 0 aliphatic rings. The van der Waals surface area contributed by atoms with E-state index in [-0.39, 0.29) is 35.2 Å². The molecule has 0 heterocycles. The standard InChI is InChI=1S/C7H5NO3.Na.H2O3S/c9-5-6-1-3-7(4-2-6)8(10)11;;1-4(2)3/h1-5H;;(H2,1,2,3)/q;+1;/p-1. The van der Waals surface area contributed by atoms with E-state index in [1.165, 1.54) is 24.3 Å². The van der Waals surface area contributed by atoms with Gasteiger partial charge >= 0.3 is 29.6 Å². The molecule has 1 aromatic carbocycles. The molecule has 0 aromatic heterocycles. The van der Waals surface area contributed by atoms with Crippen LogP contribution in [0.3, 0.4) is 0 Å². The Morgan fingerprint density at radius 1 is 1.31 bits per heavy atom. The quantitative estimate of drug-likeness (QED) is 0.209. The largest absolute Gasteiger partial charge is 1.00 e. The summed E-state index contributed by atoms with van der Waals surface area (Å²) in [4.78, 5) is 19.7. The van der Waals surface area contributed by atoms with Crippen LogP contribution in [0.1, 0.15) is 10.4 Å². The molecule has 0 bridgehead atoms. The second-order valence-electron chi connectivity index (χ2n) is 2.18. The Hall–Kier alpha value is -0.640. The number of nitrogens with zero attached hydrogens (tertiary/aromatic N) is 1. The molecule has 0 aliphatic heterocycles. The van der Waals surface area contributed by atoms with E-state index in [1.807, 2.05) is 0 Å². The van der Waals surface area contributed by atoms with Gasteiger partial charge in [-0.2, -0.15) is 0 Å². The Morgan fingerprint density at radius 3 is 1.94 bits per heavy atom. The van der Waals surface area contributed by atoms with Gasteiger partial charge in [0.05, 0.1) is 16.3 Å². The minimum Gasteiger partial charge on any atom is -0.750 e. The summed E-state index contributed by atoms with van der Waals surface area (Å²) >= 11 is -2.86. The average molecular weight is 255 g/mol. The van der Waals surface area contributed by atoms with Crippen molar-refractivity contribution in [1.29, 1.82) is 0 Å². The Bertz CT molecular complexity index is 364. The van der Waals surface area contributed by atoms with Crippen molar-refractivity contribution in [3.63, 3.8) is 0 Å². The van der Waals surface area contributed by atoms with E-state index in [0.717, 1.165) is 0 Å². The van der Waals surface area contributed by atoms with E-state index < -0.39 is 16.3 Å². The van der Waals surface area contributed by atoms with Gasteiger partial charge in [-0.15, -0.1) is 0 Å². The Morgan fingerprint density at radius 2 is 1.69 bits per heavy atom. The predicted molar refractivity (Wildman–Crippen MR) is 50.0 cm³/mol. The zero-order valence-corrected chi connectivity index (χ0v) is 11.0. The van der Waals surface area contributed by atoms with Crippen molar-refractivity contribution in [3.8, 4) is 0 Å². The molecule has 9 heteroatoms. The number of rotatable bonds is 2. The minimum atomic E-state index is -2.86. The second kappa shape index (κ2) is 9.58. The van der Waals surface area contributed by atoms with Gasteiger partial charge < -0.3 is 9.11 Å². The number of benzene rings is 1. The topological polar surface area (TPSA) is 121 Å². The molecule has 7 nitrogen and oxygen atoms in total. The molecule has 1 rings (SSSR count). The fourth-order valence-corrected chi connectivity index (χ4v) is 0.675. The minimum absolute atomic E-state index is 0. The molecular formula is C7H6NNaO6S. The number of carbonyl (C=O) groups is 1. The number of nitro groups is 1. The molecule has 1 N–H and O–H groups in total. The molecule has 1 unspecified atom stereocenters. The second-order valence-corrected chi connectivity index (χ2v) is 2.62. The molecule has 0 radical (unpaired) electrons. The van der Waals surface area contributed by atoms with Crippen LogP contribution >= 0.6 is 0 Å². The van der Waals surface area contributed by atoms with Crippen LogP contribution in [0.15, 0.2) is 24.3 Å².